The van der Waals surface area contributed by atoms with Crippen molar-refractivity contribution in [1.82, 2.24) is 0 Å². The van der Waals surface area contributed by atoms with Gasteiger partial charge in [-0.3, -0.25) is 9.59 Å². The summed E-state index contributed by atoms with van der Waals surface area (Å²) in [5.74, 6) is -2.80. The van der Waals surface area contributed by atoms with E-state index in [9.17, 15) is 19.2 Å². The molecule has 0 saturated heterocycles. The smallest absolute Gasteiger partial charge is 0.340 e. The standard InChI is InChI=1S/C18H13NO8/c20-8-26-17(24)10-1-4-12(5-2-10)19-15(22)13-6-3-11(18(25)27-9-21)7-14(13)16(19)23/h1-7,20-21H,8-9H2. The number of imide groups is 1. The maximum Gasteiger partial charge on any atom is 0.340 e. The zero-order chi connectivity index (χ0) is 19.6. The van der Waals surface area contributed by atoms with Gasteiger partial charge >= 0.3 is 11.9 Å². The average Bonchev–Trinajstić information content (AvgIpc) is 2.92. The van der Waals surface area contributed by atoms with Crippen LogP contribution in [0.5, 0.6) is 0 Å². The summed E-state index contributed by atoms with van der Waals surface area (Å²) in [4.78, 5) is 49.3. The van der Waals surface area contributed by atoms with Crippen LogP contribution in [0.3, 0.4) is 0 Å². The van der Waals surface area contributed by atoms with E-state index in [1.807, 2.05) is 0 Å². The van der Waals surface area contributed by atoms with Crippen molar-refractivity contribution in [1.29, 1.82) is 0 Å². The number of aliphatic hydroxyl groups excluding tert-OH is 2. The van der Waals surface area contributed by atoms with E-state index in [4.69, 9.17) is 10.2 Å². The quantitative estimate of drug-likeness (QED) is 0.446. The van der Waals surface area contributed by atoms with E-state index >= 15 is 0 Å². The number of amides is 2. The summed E-state index contributed by atoms with van der Waals surface area (Å²) in [6.07, 6.45) is 0. The van der Waals surface area contributed by atoms with Crippen molar-refractivity contribution < 1.29 is 38.9 Å². The fourth-order valence-electron chi connectivity index (χ4n) is 2.63. The van der Waals surface area contributed by atoms with Crippen LogP contribution in [0.25, 0.3) is 0 Å². The summed E-state index contributed by atoms with van der Waals surface area (Å²) in [5.41, 5.74) is 0.521. The van der Waals surface area contributed by atoms with Crippen LogP contribution in [0.15, 0.2) is 42.5 Å². The van der Waals surface area contributed by atoms with Crippen LogP contribution in [0.2, 0.25) is 0 Å². The van der Waals surface area contributed by atoms with Gasteiger partial charge in [0.15, 0.2) is 13.6 Å². The maximum atomic E-state index is 12.6. The number of aliphatic hydroxyl groups is 2. The summed E-state index contributed by atoms with van der Waals surface area (Å²) < 4.78 is 8.91. The molecular weight excluding hydrogens is 358 g/mol. The monoisotopic (exact) mass is 371 g/mol. The van der Waals surface area contributed by atoms with Crippen LogP contribution >= 0.6 is 0 Å². The third-order valence-corrected chi connectivity index (χ3v) is 3.87. The zero-order valence-corrected chi connectivity index (χ0v) is 13.7. The molecule has 0 spiro atoms. The minimum atomic E-state index is -0.828. The number of esters is 2. The van der Waals surface area contributed by atoms with Gasteiger partial charge in [0, 0.05) is 0 Å². The van der Waals surface area contributed by atoms with Gasteiger partial charge in [-0.25, -0.2) is 14.5 Å². The highest BCUT2D eigenvalue weighted by Crippen LogP contribution is 2.29. The molecule has 1 aliphatic heterocycles. The Morgan fingerprint density at radius 2 is 1.30 bits per heavy atom. The van der Waals surface area contributed by atoms with E-state index in [1.165, 1.54) is 42.5 Å². The first-order valence-electron chi connectivity index (χ1n) is 7.66. The Labute approximate surface area is 152 Å². The number of carbonyl (C=O) groups excluding carboxylic acids is 4. The van der Waals surface area contributed by atoms with Gasteiger partial charge in [0.2, 0.25) is 0 Å². The molecule has 0 fully saturated rings. The van der Waals surface area contributed by atoms with Crippen LogP contribution in [-0.4, -0.2) is 47.6 Å². The van der Waals surface area contributed by atoms with Crippen LogP contribution in [0, 0.1) is 0 Å². The van der Waals surface area contributed by atoms with Crippen LogP contribution in [-0.2, 0) is 9.47 Å². The summed E-state index contributed by atoms with van der Waals surface area (Å²) in [7, 11) is 0. The summed E-state index contributed by atoms with van der Waals surface area (Å²) in [6.45, 7) is -1.57. The Morgan fingerprint density at radius 1 is 0.778 bits per heavy atom. The van der Waals surface area contributed by atoms with Gasteiger partial charge < -0.3 is 19.7 Å². The van der Waals surface area contributed by atoms with Crippen molar-refractivity contribution in [3.63, 3.8) is 0 Å². The molecule has 0 aromatic heterocycles. The minimum Gasteiger partial charge on any atom is -0.435 e. The first-order chi connectivity index (χ1) is 13.0. The number of fused-ring (bicyclic) bond motifs is 1. The maximum absolute atomic E-state index is 12.6. The molecule has 1 heterocycles. The van der Waals surface area contributed by atoms with Crippen molar-refractivity contribution in [3.05, 3.63) is 64.7 Å². The number of carbonyl (C=O) groups is 4. The molecule has 27 heavy (non-hydrogen) atoms. The first-order valence-corrected chi connectivity index (χ1v) is 7.66. The SMILES string of the molecule is O=C(OCO)c1ccc(N2C(=O)c3ccc(C(=O)OCO)cc3C2=O)cc1. The van der Waals surface area contributed by atoms with Crippen molar-refractivity contribution >= 4 is 29.4 Å². The van der Waals surface area contributed by atoms with E-state index in [-0.39, 0.29) is 27.9 Å². The number of hydrogen-bond donors (Lipinski definition) is 2. The second-order valence-electron chi connectivity index (χ2n) is 5.37. The summed E-state index contributed by atoms with van der Waals surface area (Å²) in [5, 5.41) is 17.3. The van der Waals surface area contributed by atoms with E-state index in [0.717, 1.165) is 4.90 Å². The van der Waals surface area contributed by atoms with Gasteiger partial charge in [-0.2, -0.15) is 0 Å². The van der Waals surface area contributed by atoms with Crippen molar-refractivity contribution in [2.24, 2.45) is 0 Å². The molecule has 0 unspecified atom stereocenters. The van der Waals surface area contributed by atoms with Crippen molar-refractivity contribution in [2.75, 3.05) is 18.5 Å². The average molecular weight is 371 g/mol. The molecule has 2 aromatic carbocycles. The highest BCUT2D eigenvalue weighted by Gasteiger charge is 2.37. The molecule has 0 bridgehead atoms. The first kappa shape index (κ1) is 18.2. The second kappa shape index (κ2) is 7.36. The normalized spacial score (nSPS) is 12.7. The number of rotatable bonds is 5. The molecule has 0 radical (unpaired) electrons. The molecule has 2 N–H and O–H groups in total. The molecule has 3 rings (SSSR count). The van der Waals surface area contributed by atoms with Crippen molar-refractivity contribution in [2.45, 2.75) is 0 Å². The summed E-state index contributed by atoms with van der Waals surface area (Å²) in [6, 6.07) is 9.34. The van der Waals surface area contributed by atoms with Gasteiger partial charge in [-0.1, -0.05) is 0 Å². The lowest BCUT2D eigenvalue weighted by Gasteiger charge is -2.14. The molecule has 2 amide bonds. The fraction of sp³-hybridized carbons (Fsp3) is 0.111. The minimum absolute atomic E-state index is 0.0212. The highest BCUT2D eigenvalue weighted by molar-refractivity contribution is 6.34. The predicted octanol–water partition coefficient (Wildman–Crippen LogP) is 0.700. The fourth-order valence-corrected chi connectivity index (χ4v) is 2.63. The number of ether oxygens (including phenoxy) is 2. The Morgan fingerprint density at radius 3 is 1.89 bits per heavy atom. The van der Waals surface area contributed by atoms with Crippen LogP contribution in [0.1, 0.15) is 41.4 Å². The second-order valence-corrected chi connectivity index (χ2v) is 5.37. The van der Waals surface area contributed by atoms with Gasteiger partial charge in [0.1, 0.15) is 0 Å². The zero-order valence-electron chi connectivity index (χ0n) is 13.7. The van der Waals surface area contributed by atoms with E-state index < -0.39 is 37.3 Å². The molecular formula is C18H13NO8. The summed E-state index contributed by atoms with van der Waals surface area (Å²) >= 11 is 0. The molecule has 2 aromatic rings. The molecule has 0 saturated carbocycles. The molecule has 1 aliphatic rings. The molecule has 138 valence electrons. The van der Waals surface area contributed by atoms with E-state index in [1.54, 1.807) is 0 Å². The number of anilines is 1. The Balaban J connectivity index is 1.90. The third kappa shape index (κ3) is 3.28. The molecule has 9 nitrogen and oxygen atoms in total. The predicted molar refractivity (Wildman–Crippen MR) is 89.0 cm³/mol. The van der Waals surface area contributed by atoms with E-state index in [0.29, 0.717) is 0 Å². The van der Waals surface area contributed by atoms with Gasteiger partial charge in [0.05, 0.1) is 27.9 Å². The number of hydrogen-bond acceptors (Lipinski definition) is 8. The lowest BCUT2D eigenvalue weighted by atomic mass is 10.1. The lowest BCUT2D eigenvalue weighted by Crippen LogP contribution is -2.29. The molecule has 0 atom stereocenters. The Hall–Kier alpha value is -3.56. The van der Waals surface area contributed by atoms with Gasteiger partial charge in [0.25, 0.3) is 11.8 Å². The van der Waals surface area contributed by atoms with E-state index in [2.05, 4.69) is 9.47 Å². The Kier molecular flexibility index (Phi) is 4.97. The number of benzene rings is 2. The largest absolute Gasteiger partial charge is 0.435 e. The number of nitrogens with zero attached hydrogens (tertiary/aromatic N) is 1. The lowest BCUT2D eigenvalue weighted by molar-refractivity contribution is 0.00570. The highest BCUT2D eigenvalue weighted by atomic mass is 16.6. The Bertz CT molecular complexity index is 935. The van der Waals surface area contributed by atoms with Crippen molar-refractivity contribution in [3.8, 4) is 0 Å². The van der Waals surface area contributed by atoms with Crippen LogP contribution in [0.4, 0.5) is 5.69 Å². The third-order valence-electron chi connectivity index (χ3n) is 3.87. The topological polar surface area (TPSA) is 130 Å². The van der Waals surface area contributed by atoms with Gasteiger partial charge in [-0.05, 0) is 42.5 Å². The molecule has 9 heteroatoms. The van der Waals surface area contributed by atoms with Crippen LogP contribution < -0.4 is 4.90 Å². The van der Waals surface area contributed by atoms with Gasteiger partial charge in [-0.15, -0.1) is 0 Å². The molecule has 0 aliphatic carbocycles.